The van der Waals surface area contributed by atoms with Gasteiger partial charge in [-0.3, -0.25) is 4.99 Å². The Morgan fingerprint density at radius 2 is 1.96 bits per heavy atom. The van der Waals surface area contributed by atoms with Crippen LogP contribution < -0.4 is 10.6 Å². The highest BCUT2D eigenvalue weighted by molar-refractivity contribution is 14.0. The maximum absolute atomic E-state index is 4.61. The highest BCUT2D eigenvalue weighted by Gasteiger charge is 2.06. The molecule has 26 heavy (non-hydrogen) atoms. The van der Waals surface area contributed by atoms with Gasteiger partial charge in [0.25, 0.3) is 0 Å². The first kappa shape index (κ1) is 20.2. The van der Waals surface area contributed by atoms with Gasteiger partial charge in [0.2, 0.25) is 0 Å². The molecule has 7 nitrogen and oxygen atoms in total. The fourth-order valence-electron chi connectivity index (χ4n) is 2.87. The Kier molecular flexibility index (Phi) is 7.89. The first-order valence-corrected chi connectivity index (χ1v) is 8.60. The lowest BCUT2D eigenvalue weighted by molar-refractivity contribution is 0.617. The fourth-order valence-corrected chi connectivity index (χ4v) is 2.87. The van der Waals surface area contributed by atoms with Crippen LogP contribution in [0.5, 0.6) is 0 Å². The van der Waals surface area contributed by atoms with Gasteiger partial charge >= 0.3 is 0 Å². The van der Waals surface area contributed by atoms with Crippen molar-refractivity contribution in [2.45, 2.75) is 26.4 Å². The van der Waals surface area contributed by atoms with Gasteiger partial charge in [0.05, 0.1) is 17.4 Å². The Balaban J connectivity index is 0.00000243. The molecule has 0 saturated carbocycles. The minimum absolute atomic E-state index is 0. The molecular weight excluding hydrogens is 441 g/mol. The van der Waals surface area contributed by atoms with Gasteiger partial charge in [0.1, 0.15) is 5.82 Å². The highest BCUT2D eigenvalue weighted by atomic mass is 127. The van der Waals surface area contributed by atoms with Crippen molar-refractivity contribution in [1.29, 1.82) is 0 Å². The molecule has 0 radical (unpaired) electrons. The predicted octanol–water partition coefficient (Wildman–Crippen LogP) is 2.41. The molecule has 0 amide bonds. The molecule has 140 valence electrons. The molecule has 2 heterocycles. The van der Waals surface area contributed by atoms with E-state index < -0.39 is 0 Å². The van der Waals surface area contributed by atoms with Crippen molar-refractivity contribution in [2.75, 3.05) is 20.1 Å². The van der Waals surface area contributed by atoms with Crippen molar-refractivity contribution in [3.8, 4) is 0 Å². The Hall–Kier alpha value is -2.10. The van der Waals surface area contributed by atoms with Crippen molar-refractivity contribution in [2.24, 2.45) is 4.99 Å². The second-order valence-corrected chi connectivity index (χ2v) is 5.88. The number of imidazole rings is 2. The van der Waals surface area contributed by atoms with E-state index in [1.165, 1.54) is 5.52 Å². The van der Waals surface area contributed by atoms with Crippen LogP contribution >= 0.6 is 24.0 Å². The number of aromatic nitrogens is 4. The number of benzene rings is 1. The molecule has 3 rings (SSSR count). The maximum atomic E-state index is 4.61. The van der Waals surface area contributed by atoms with Gasteiger partial charge in [-0.1, -0.05) is 12.1 Å². The van der Waals surface area contributed by atoms with Gasteiger partial charge in [-0.05, 0) is 25.5 Å². The number of aliphatic imine (C=N–C) groups is 1. The van der Waals surface area contributed by atoms with E-state index in [0.29, 0.717) is 0 Å². The number of aryl methyl sites for hydroxylation is 2. The number of para-hydroxylation sites is 2. The molecule has 0 saturated heterocycles. The van der Waals surface area contributed by atoms with Crippen LogP contribution in [0.3, 0.4) is 0 Å². The highest BCUT2D eigenvalue weighted by Crippen LogP contribution is 2.15. The van der Waals surface area contributed by atoms with Crippen molar-refractivity contribution in [3.05, 3.63) is 48.8 Å². The Labute approximate surface area is 171 Å². The van der Waals surface area contributed by atoms with Gasteiger partial charge in [0.15, 0.2) is 5.96 Å². The molecule has 0 aliphatic carbocycles. The number of rotatable bonds is 7. The molecule has 0 aliphatic heterocycles. The first-order chi connectivity index (χ1) is 12.3. The normalized spacial score (nSPS) is 11.4. The summed E-state index contributed by atoms with van der Waals surface area (Å²) in [5.74, 6) is 1.89. The zero-order chi connectivity index (χ0) is 17.5. The number of halogens is 1. The lowest BCUT2D eigenvalue weighted by Gasteiger charge is -2.13. The predicted molar refractivity (Wildman–Crippen MR) is 116 cm³/mol. The lowest BCUT2D eigenvalue weighted by Crippen LogP contribution is -2.39. The SMILES string of the molecule is CN=C(NCCCn1c(C)nc2ccccc21)NCCn1ccnc1.I. The van der Waals surface area contributed by atoms with Crippen LogP contribution in [-0.4, -0.2) is 45.2 Å². The van der Waals surface area contributed by atoms with E-state index in [-0.39, 0.29) is 24.0 Å². The van der Waals surface area contributed by atoms with Crippen LogP contribution in [0, 0.1) is 6.92 Å². The molecule has 2 aromatic heterocycles. The van der Waals surface area contributed by atoms with Crippen molar-refractivity contribution < 1.29 is 0 Å². The van der Waals surface area contributed by atoms with Gasteiger partial charge < -0.3 is 19.8 Å². The second-order valence-electron chi connectivity index (χ2n) is 5.88. The largest absolute Gasteiger partial charge is 0.356 e. The average molecular weight is 467 g/mol. The quantitative estimate of drug-likeness (QED) is 0.242. The molecule has 0 aliphatic rings. The summed E-state index contributed by atoms with van der Waals surface area (Å²) in [7, 11) is 1.79. The van der Waals surface area contributed by atoms with Gasteiger partial charge in [-0.25, -0.2) is 9.97 Å². The Bertz CT molecular complexity index is 823. The van der Waals surface area contributed by atoms with E-state index in [4.69, 9.17) is 0 Å². The fraction of sp³-hybridized carbons (Fsp3) is 0.389. The molecular formula is C18H26IN7. The van der Waals surface area contributed by atoms with E-state index >= 15 is 0 Å². The summed E-state index contributed by atoms with van der Waals surface area (Å²) in [5, 5.41) is 6.67. The third-order valence-electron chi connectivity index (χ3n) is 4.14. The maximum Gasteiger partial charge on any atom is 0.191 e. The summed E-state index contributed by atoms with van der Waals surface area (Å²) in [5.41, 5.74) is 2.26. The van der Waals surface area contributed by atoms with E-state index in [1.54, 1.807) is 13.2 Å². The van der Waals surface area contributed by atoms with E-state index in [2.05, 4.69) is 55.3 Å². The summed E-state index contributed by atoms with van der Waals surface area (Å²) >= 11 is 0. The topological polar surface area (TPSA) is 72.1 Å². The smallest absolute Gasteiger partial charge is 0.191 e. The van der Waals surface area contributed by atoms with Crippen LogP contribution in [0.25, 0.3) is 11.0 Å². The molecule has 0 unspecified atom stereocenters. The van der Waals surface area contributed by atoms with E-state index in [0.717, 1.165) is 49.9 Å². The van der Waals surface area contributed by atoms with Crippen molar-refractivity contribution >= 4 is 41.0 Å². The minimum Gasteiger partial charge on any atom is -0.356 e. The monoisotopic (exact) mass is 467 g/mol. The van der Waals surface area contributed by atoms with E-state index in [1.807, 2.05) is 23.2 Å². The van der Waals surface area contributed by atoms with Gasteiger partial charge in [-0.15, -0.1) is 24.0 Å². The standard InChI is InChI=1S/C18H25N7.HI/c1-15-23-16-6-3-4-7-17(16)25(15)11-5-8-21-18(19-2)22-10-13-24-12-9-20-14-24;/h3-4,6-7,9,12,14H,5,8,10-11,13H2,1-2H3,(H2,19,21,22);1H. The third kappa shape index (κ3) is 5.20. The van der Waals surface area contributed by atoms with Crippen LogP contribution in [0.1, 0.15) is 12.2 Å². The van der Waals surface area contributed by atoms with Crippen LogP contribution in [0.15, 0.2) is 48.0 Å². The Morgan fingerprint density at radius 3 is 2.73 bits per heavy atom. The third-order valence-corrected chi connectivity index (χ3v) is 4.14. The van der Waals surface area contributed by atoms with Gasteiger partial charge in [-0.2, -0.15) is 0 Å². The summed E-state index contributed by atoms with van der Waals surface area (Å²) < 4.78 is 4.31. The Morgan fingerprint density at radius 1 is 1.15 bits per heavy atom. The van der Waals surface area contributed by atoms with Crippen LogP contribution in [0.4, 0.5) is 0 Å². The van der Waals surface area contributed by atoms with Crippen LogP contribution in [0.2, 0.25) is 0 Å². The number of nitrogens with zero attached hydrogens (tertiary/aromatic N) is 5. The van der Waals surface area contributed by atoms with Crippen LogP contribution in [-0.2, 0) is 13.1 Å². The molecule has 0 spiro atoms. The molecule has 0 bridgehead atoms. The van der Waals surface area contributed by atoms with Gasteiger partial charge in [0, 0.05) is 45.6 Å². The van der Waals surface area contributed by atoms with Crippen molar-refractivity contribution in [1.82, 2.24) is 29.7 Å². The zero-order valence-corrected chi connectivity index (χ0v) is 17.6. The summed E-state index contributed by atoms with van der Waals surface area (Å²) in [4.78, 5) is 12.9. The van der Waals surface area contributed by atoms with E-state index in [9.17, 15) is 0 Å². The second kappa shape index (κ2) is 10.1. The number of fused-ring (bicyclic) bond motifs is 1. The molecule has 8 heteroatoms. The molecule has 2 N–H and O–H groups in total. The average Bonchev–Trinajstić information content (AvgIpc) is 3.24. The number of hydrogen-bond acceptors (Lipinski definition) is 3. The summed E-state index contributed by atoms with van der Waals surface area (Å²) in [6, 6.07) is 8.27. The van der Waals surface area contributed by atoms with Crippen molar-refractivity contribution in [3.63, 3.8) is 0 Å². The molecule has 3 aromatic rings. The minimum atomic E-state index is 0. The molecule has 1 aromatic carbocycles. The number of hydrogen-bond donors (Lipinski definition) is 2. The number of nitrogens with one attached hydrogen (secondary N) is 2. The lowest BCUT2D eigenvalue weighted by atomic mass is 10.3. The zero-order valence-electron chi connectivity index (χ0n) is 15.2. The first-order valence-electron chi connectivity index (χ1n) is 8.60. The summed E-state index contributed by atoms with van der Waals surface area (Å²) in [6.45, 7) is 5.52. The molecule has 0 atom stereocenters. The molecule has 0 fully saturated rings. The number of guanidine groups is 1. The summed E-state index contributed by atoms with van der Waals surface area (Å²) in [6.07, 6.45) is 6.56.